The number of carbonyl (C=O) groups is 1. The number of hydrogen-bond acceptors (Lipinski definition) is 5. The van der Waals surface area contributed by atoms with Gasteiger partial charge < -0.3 is 5.11 Å². The molecule has 2 rings (SSSR count). The first-order valence-electron chi connectivity index (χ1n) is 4.85. The third kappa shape index (κ3) is 3.11. The van der Waals surface area contributed by atoms with Gasteiger partial charge in [-0.05, 0) is 34.1 Å². The third-order valence-corrected chi connectivity index (χ3v) is 5.59. The number of carboxylic acid groups (broad SMARTS) is 1. The van der Waals surface area contributed by atoms with Gasteiger partial charge in [0.15, 0.2) is 0 Å². The lowest BCUT2D eigenvalue weighted by Crippen LogP contribution is -2.14. The quantitative estimate of drug-likeness (QED) is 0.870. The monoisotopic (exact) mass is 362 g/mol. The molecule has 19 heavy (non-hydrogen) atoms. The lowest BCUT2D eigenvalue weighted by Gasteiger charge is -2.08. The van der Waals surface area contributed by atoms with Crippen LogP contribution in [-0.4, -0.2) is 24.5 Å². The first kappa shape index (κ1) is 14.0. The highest BCUT2D eigenvalue weighted by atomic mass is 79.9. The number of rotatable bonds is 4. The van der Waals surface area contributed by atoms with Crippen LogP contribution >= 0.6 is 27.3 Å². The fourth-order valence-electron chi connectivity index (χ4n) is 1.30. The van der Waals surface area contributed by atoms with Crippen LogP contribution in [0.3, 0.4) is 0 Å². The highest BCUT2D eigenvalue weighted by Crippen LogP contribution is 2.28. The number of aromatic carboxylic acids is 1. The van der Waals surface area contributed by atoms with Crippen molar-refractivity contribution in [3.8, 4) is 0 Å². The molecular weight excluding hydrogens is 356 g/mol. The van der Waals surface area contributed by atoms with Gasteiger partial charge in [-0.25, -0.2) is 13.2 Å². The number of pyridine rings is 1. The normalized spacial score (nSPS) is 11.2. The highest BCUT2D eigenvalue weighted by Gasteiger charge is 2.20. The van der Waals surface area contributed by atoms with E-state index in [9.17, 15) is 13.2 Å². The molecule has 0 aliphatic rings. The minimum atomic E-state index is -3.81. The van der Waals surface area contributed by atoms with Gasteiger partial charge in [0.05, 0.1) is 21.2 Å². The largest absolute Gasteiger partial charge is 0.478 e. The average Bonchev–Trinajstić information content (AvgIpc) is 2.76. The molecular formula is C10H7BrN2O4S2. The molecule has 0 atom stereocenters. The summed E-state index contributed by atoms with van der Waals surface area (Å²) in [7, 11) is -3.81. The summed E-state index contributed by atoms with van der Waals surface area (Å²) < 4.78 is 27.1. The second kappa shape index (κ2) is 5.27. The first-order chi connectivity index (χ1) is 8.90. The Bertz CT molecular complexity index is 727. The number of nitrogens with zero attached hydrogens (tertiary/aromatic N) is 1. The number of thiophene rings is 1. The second-order valence-electron chi connectivity index (χ2n) is 3.39. The minimum absolute atomic E-state index is 0.0699. The molecule has 9 heteroatoms. The van der Waals surface area contributed by atoms with Gasteiger partial charge >= 0.3 is 5.97 Å². The van der Waals surface area contributed by atoms with Crippen LogP contribution in [0.15, 0.2) is 38.6 Å². The topological polar surface area (TPSA) is 96.4 Å². The summed E-state index contributed by atoms with van der Waals surface area (Å²) >= 11 is 4.19. The SMILES string of the molecule is O=C(O)c1ccncc1NS(=O)(=O)c1ccc(Br)s1. The zero-order chi connectivity index (χ0) is 14.0. The maximum Gasteiger partial charge on any atom is 0.337 e. The third-order valence-electron chi connectivity index (χ3n) is 2.11. The average molecular weight is 363 g/mol. The molecule has 6 nitrogen and oxygen atoms in total. The molecule has 0 aliphatic heterocycles. The van der Waals surface area contributed by atoms with Crippen LogP contribution < -0.4 is 4.72 Å². The van der Waals surface area contributed by atoms with E-state index in [0.717, 1.165) is 17.5 Å². The lowest BCUT2D eigenvalue weighted by atomic mass is 10.2. The molecule has 2 heterocycles. The Morgan fingerprint density at radius 1 is 1.37 bits per heavy atom. The lowest BCUT2D eigenvalue weighted by molar-refractivity contribution is 0.0698. The molecule has 0 spiro atoms. The fourth-order valence-corrected chi connectivity index (χ4v) is 4.37. The van der Waals surface area contributed by atoms with E-state index in [1.165, 1.54) is 18.3 Å². The minimum Gasteiger partial charge on any atom is -0.478 e. The predicted molar refractivity (Wildman–Crippen MR) is 74.0 cm³/mol. The zero-order valence-electron chi connectivity index (χ0n) is 9.20. The van der Waals surface area contributed by atoms with Crippen LogP contribution in [0.1, 0.15) is 10.4 Å². The number of aromatic nitrogens is 1. The number of anilines is 1. The van der Waals surface area contributed by atoms with Gasteiger partial charge in [-0.15, -0.1) is 11.3 Å². The number of nitrogens with one attached hydrogen (secondary N) is 1. The molecule has 0 saturated heterocycles. The molecule has 0 radical (unpaired) electrons. The van der Waals surface area contributed by atoms with E-state index in [2.05, 4.69) is 25.6 Å². The van der Waals surface area contributed by atoms with Gasteiger partial charge in [0, 0.05) is 6.20 Å². The molecule has 0 aromatic carbocycles. The van der Waals surface area contributed by atoms with Crippen molar-refractivity contribution in [2.24, 2.45) is 0 Å². The fraction of sp³-hybridized carbons (Fsp3) is 0. The van der Waals surface area contributed by atoms with Gasteiger partial charge in [-0.1, -0.05) is 0 Å². The molecule has 2 N–H and O–H groups in total. The molecule has 0 aliphatic carbocycles. The molecule has 2 aromatic heterocycles. The first-order valence-corrected chi connectivity index (χ1v) is 7.95. The Morgan fingerprint density at radius 3 is 2.68 bits per heavy atom. The summed E-state index contributed by atoms with van der Waals surface area (Å²) in [6.45, 7) is 0. The van der Waals surface area contributed by atoms with Gasteiger partial charge in [0.2, 0.25) is 0 Å². The second-order valence-corrected chi connectivity index (χ2v) is 7.76. The van der Waals surface area contributed by atoms with Gasteiger partial charge in [0.25, 0.3) is 10.0 Å². The molecule has 100 valence electrons. The summed E-state index contributed by atoms with van der Waals surface area (Å²) in [6.07, 6.45) is 2.44. The molecule has 0 fully saturated rings. The van der Waals surface area contributed by atoms with E-state index in [0.29, 0.717) is 3.79 Å². The van der Waals surface area contributed by atoms with E-state index in [1.807, 2.05) is 0 Å². The summed E-state index contributed by atoms with van der Waals surface area (Å²) in [5, 5.41) is 8.97. The Labute approximate surface area is 121 Å². The Kier molecular flexibility index (Phi) is 3.88. The van der Waals surface area contributed by atoms with Crippen LogP contribution in [-0.2, 0) is 10.0 Å². The van der Waals surface area contributed by atoms with Crippen LogP contribution in [0, 0.1) is 0 Å². The standard InChI is InChI=1S/C10H7BrN2O4S2/c11-8-1-2-9(18-8)19(16,17)13-7-5-12-4-3-6(7)10(14)15/h1-5,13H,(H,14,15). The van der Waals surface area contributed by atoms with Crippen molar-refractivity contribution < 1.29 is 18.3 Å². The predicted octanol–water partition coefficient (Wildman–Crippen LogP) is 2.40. The van der Waals surface area contributed by atoms with Crippen molar-refractivity contribution in [2.75, 3.05) is 4.72 Å². The molecule has 0 saturated carbocycles. The number of sulfonamides is 1. The van der Waals surface area contributed by atoms with E-state index < -0.39 is 16.0 Å². The highest BCUT2D eigenvalue weighted by molar-refractivity contribution is 9.11. The molecule has 0 amide bonds. The van der Waals surface area contributed by atoms with Crippen LogP contribution in [0.2, 0.25) is 0 Å². The van der Waals surface area contributed by atoms with E-state index >= 15 is 0 Å². The summed E-state index contributed by atoms with van der Waals surface area (Å²) in [5.74, 6) is -1.23. The van der Waals surface area contributed by atoms with Gasteiger partial charge in [0.1, 0.15) is 4.21 Å². The maximum atomic E-state index is 12.0. The van der Waals surface area contributed by atoms with E-state index in [4.69, 9.17) is 5.11 Å². The Morgan fingerprint density at radius 2 is 2.11 bits per heavy atom. The Balaban J connectivity index is 2.39. The van der Waals surface area contributed by atoms with Crippen molar-refractivity contribution in [3.05, 3.63) is 39.9 Å². The van der Waals surface area contributed by atoms with Crippen molar-refractivity contribution in [1.29, 1.82) is 0 Å². The molecule has 0 bridgehead atoms. The summed E-state index contributed by atoms with van der Waals surface area (Å²) in [5.41, 5.74) is -0.228. The number of halogens is 1. The van der Waals surface area contributed by atoms with Crippen molar-refractivity contribution in [1.82, 2.24) is 4.98 Å². The van der Waals surface area contributed by atoms with Crippen molar-refractivity contribution in [2.45, 2.75) is 4.21 Å². The Hall–Kier alpha value is -1.45. The van der Waals surface area contributed by atoms with Crippen LogP contribution in [0.25, 0.3) is 0 Å². The summed E-state index contributed by atoms with van der Waals surface area (Å²) in [4.78, 5) is 14.7. The number of hydrogen-bond donors (Lipinski definition) is 2. The van der Waals surface area contributed by atoms with Gasteiger partial charge in [-0.3, -0.25) is 9.71 Å². The smallest absolute Gasteiger partial charge is 0.337 e. The van der Waals surface area contributed by atoms with Gasteiger partial charge in [-0.2, -0.15) is 0 Å². The van der Waals surface area contributed by atoms with Crippen molar-refractivity contribution >= 4 is 48.9 Å². The van der Waals surface area contributed by atoms with Crippen LogP contribution in [0.5, 0.6) is 0 Å². The van der Waals surface area contributed by atoms with Crippen LogP contribution in [0.4, 0.5) is 5.69 Å². The number of carboxylic acids is 1. The van der Waals surface area contributed by atoms with E-state index in [1.54, 1.807) is 6.07 Å². The van der Waals surface area contributed by atoms with Crippen molar-refractivity contribution in [3.63, 3.8) is 0 Å². The maximum absolute atomic E-state index is 12.0. The summed E-state index contributed by atoms with van der Waals surface area (Å²) in [6, 6.07) is 4.25. The van der Waals surface area contributed by atoms with E-state index in [-0.39, 0.29) is 15.5 Å². The zero-order valence-corrected chi connectivity index (χ0v) is 12.4. The molecule has 0 unspecified atom stereocenters. The molecule has 2 aromatic rings.